The number of carbonyl (C=O) groups excluding carboxylic acids is 2. The monoisotopic (exact) mass is 543 g/mol. The van der Waals surface area contributed by atoms with Gasteiger partial charge in [-0.25, -0.2) is 8.42 Å². The number of sulfonamides is 1. The smallest absolute Gasteiger partial charge is 0.325 e. The minimum atomic E-state index is -3.68. The zero-order chi connectivity index (χ0) is 24.5. The van der Waals surface area contributed by atoms with Crippen LogP contribution in [-0.2, 0) is 30.8 Å². The van der Waals surface area contributed by atoms with E-state index in [1.807, 2.05) is 0 Å². The van der Waals surface area contributed by atoms with Gasteiger partial charge in [0.2, 0.25) is 10.0 Å². The highest BCUT2D eigenvalue weighted by Gasteiger charge is 2.26. The van der Waals surface area contributed by atoms with Crippen LogP contribution in [0.5, 0.6) is 0 Å². The summed E-state index contributed by atoms with van der Waals surface area (Å²) >= 11 is 13.6. The van der Waals surface area contributed by atoms with Crippen LogP contribution >= 0.6 is 34.5 Å². The molecule has 4 rings (SSSR count). The first-order valence-corrected chi connectivity index (χ1v) is 13.0. The van der Waals surface area contributed by atoms with Gasteiger partial charge < -0.3 is 14.0 Å². The van der Waals surface area contributed by atoms with Crippen molar-refractivity contribution >= 4 is 66.7 Å². The van der Waals surface area contributed by atoms with Crippen molar-refractivity contribution in [3.63, 3.8) is 0 Å². The van der Waals surface area contributed by atoms with Gasteiger partial charge in [-0.15, -0.1) is 0 Å². The summed E-state index contributed by atoms with van der Waals surface area (Å²) in [6.45, 7) is 1.02. The lowest BCUT2D eigenvalue weighted by Crippen LogP contribution is -2.40. The molecule has 1 fully saturated rings. The van der Waals surface area contributed by atoms with E-state index < -0.39 is 21.9 Å². The number of esters is 1. The summed E-state index contributed by atoms with van der Waals surface area (Å²) in [6, 6.07) is 8.75. The van der Waals surface area contributed by atoms with Crippen molar-refractivity contribution < 1.29 is 27.5 Å². The maximum absolute atomic E-state index is 12.9. The lowest BCUT2D eigenvalue weighted by atomic mass is 10.2. The van der Waals surface area contributed by atoms with Crippen molar-refractivity contribution in [1.29, 1.82) is 0 Å². The van der Waals surface area contributed by atoms with E-state index in [4.69, 9.17) is 32.7 Å². The lowest BCUT2D eigenvalue weighted by Gasteiger charge is -2.26. The average Bonchev–Trinajstić information content (AvgIpc) is 3.16. The number of nitrogens with zero attached hydrogens (tertiary/aromatic N) is 3. The van der Waals surface area contributed by atoms with Gasteiger partial charge in [-0.05, 0) is 36.4 Å². The Morgan fingerprint density at radius 3 is 2.47 bits per heavy atom. The number of hydrogen-bond acceptors (Lipinski definition) is 7. The summed E-state index contributed by atoms with van der Waals surface area (Å²) < 4.78 is 39.0. The standard InChI is InChI=1S/C21H19Cl2N3O6S2/c1-31-18(27)12-26-19-16(23)10-14(22)11-17(19)33-21(26)24-20(28)13-2-4-15(5-3-13)34(29,30)25-6-8-32-9-7-25/h2-5,10-11H,6-9,12H2,1H3. The highest BCUT2D eigenvalue weighted by molar-refractivity contribution is 7.89. The largest absolute Gasteiger partial charge is 0.468 e. The number of hydrogen-bond donors (Lipinski definition) is 0. The fourth-order valence-electron chi connectivity index (χ4n) is 3.41. The van der Waals surface area contributed by atoms with E-state index in [0.717, 1.165) is 11.3 Å². The molecule has 9 nitrogen and oxygen atoms in total. The van der Waals surface area contributed by atoms with Crippen LogP contribution < -0.4 is 4.80 Å². The molecule has 1 aliphatic rings. The van der Waals surface area contributed by atoms with Crippen LogP contribution in [0.3, 0.4) is 0 Å². The third-order valence-corrected chi connectivity index (χ3v) is 8.56. The Balaban J connectivity index is 1.70. The number of benzene rings is 2. The molecule has 0 saturated carbocycles. The summed E-state index contributed by atoms with van der Waals surface area (Å²) in [7, 11) is -2.43. The van der Waals surface area contributed by atoms with Gasteiger partial charge in [0.05, 0.1) is 40.5 Å². The van der Waals surface area contributed by atoms with Gasteiger partial charge in [-0.3, -0.25) is 9.59 Å². The molecule has 2 heterocycles. The van der Waals surface area contributed by atoms with E-state index in [9.17, 15) is 18.0 Å². The molecule has 2 aromatic carbocycles. The van der Waals surface area contributed by atoms with Crippen molar-refractivity contribution in [3.05, 3.63) is 56.8 Å². The molecule has 1 saturated heterocycles. The summed E-state index contributed by atoms with van der Waals surface area (Å²) in [5.41, 5.74) is 0.687. The molecule has 0 unspecified atom stereocenters. The average molecular weight is 544 g/mol. The Kier molecular flexibility index (Phi) is 7.41. The third kappa shape index (κ3) is 5.04. The minimum Gasteiger partial charge on any atom is -0.468 e. The number of ether oxygens (including phenoxy) is 2. The zero-order valence-electron chi connectivity index (χ0n) is 17.9. The molecule has 0 bridgehead atoms. The number of methoxy groups -OCH3 is 1. The van der Waals surface area contributed by atoms with E-state index in [1.165, 1.54) is 46.3 Å². The van der Waals surface area contributed by atoms with E-state index in [-0.39, 0.29) is 34.9 Å². The number of rotatable bonds is 5. The van der Waals surface area contributed by atoms with Gasteiger partial charge in [-0.1, -0.05) is 34.5 Å². The fourth-order valence-corrected chi connectivity index (χ4v) is 6.63. The normalized spacial score (nSPS) is 15.6. The van der Waals surface area contributed by atoms with E-state index in [0.29, 0.717) is 33.5 Å². The third-order valence-electron chi connectivity index (χ3n) is 5.12. The molecule has 13 heteroatoms. The highest BCUT2D eigenvalue weighted by atomic mass is 35.5. The summed E-state index contributed by atoms with van der Waals surface area (Å²) in [4.78, 5) is 29.3. The van der Waals surface area contributed by atoms with Crippen LogP contribution in [0.15, 0.2) is 46.3 Å². The summed E-state index contributed by atoms with van der Waals surface area (Å²) in [5, 5.41) is 0.702. The van der Waals surface area contributed by atoms with Gasteiger partial charge in [0, 0.05) is 23.7 Å². The quantitative estimate of drug-likeness (QED) is 0.458. The van der Waals surface area contributed by atoms with Crippen molar-refractivity contribution in [2.75, 3.05) is 33.4 Å². The number of amides is 1. The first kappa shape index (κ1) is 24.8. The zero-order valence-corrected chi connectivity index (χ0v) is 21.0. The predicted octanol–water partition coefficient (Wildman–Crippen LogP) is 2.94. The second kappa shape index (κ2) is 10.1. The Hall–Kier alpha value is -2.28. The van der Waals surface area contributed by atoms with Crippen LogP contribution in [0.1, 0.15) is 10.4 Å². The predicted molar refractivity (Wildman–Crippen MR) is 128 cm³/mol. The Labute approximate surface area is 209 Å². The van der Waals surface area contributed by atoms with Crippen molar-refractivity contribution in [2.24, 2.45) is 4.99 Å². The van der Waals surface area contributed by atoms with Crippen molar-refractivity contribution in [3.8, 4) is 0 Å². The van der Waals surface area contributed by atoms with Gasteiger partial charge in [-0.2, -0.15) is 9.30 Å². The van der Waals surface area contributed by atoms with E-state index in [2.05, 4.69) is 4.99 Å². The van der Waals surface area contributed by atoms with Crippen LogP contribution in [-0.4, -0.2) is 62.6 Å². The number of thiazole rings is 1. The van der Waals surface area contributed by atoms with Gasteiger partial charge in [0.25, 0.3) is 5.91 Å². The first-order valence-electron chi connectivity index (χ1n) is 10.0. The topological polar surface area (TPSA) is 107 Å². The number of aromatic nitrogens is 1. The molecular weight excluding hydrogens is 525 g/mol. The number of morpholine rings is 1. The highest BCUT2D eigenvalue weighted by Crippen LogP contribution is 2.30. The molecule has 0 atom stereocenters. The SMILES string of the molecule is COC(=O)Cn1c(=NC(=O)c2ccc(S(=O)(=O)N3CCOCC3)cc2)sc2cc(Cl)cc(Cl)c21. The molecule has 1 amide bonds. The number of carbonyl (C=O) groups is 2. The van der Waals surface area contributed by atoms with Crippen LogP contribution in [0.2, 0.25) is 10.0 Å². The molecule has 0 aliphatic carbocycles. The minimum absolute atomic E-state index is 0.0787. The second-order valence-corrected chi connectivity index (χ2v) is 11.0. The Morgan fingerprint density at radius 1 is 1.15 bits per heavy atom. The molecule has 0 spiro atoms. The summed E-state index contributed by atoms with van der Waals surface area (Å²) in [5.74, 6) is -1.15. The molecule has 1 aliphatic heterocycles. The van der Waals surface area contributed by atoms with E-state index in [1.54, 1.807) is 6.07 Å². The van der Waals surface area contributed by atoms with Crippen molar-refractivity contribution in [2.45, 2.75) is 11.4 Å². The second-order valence-electron chi connectivity index (χ2n) is 7.24. The molecule has 0 N–H and O–H groups in total. The maximum Gasteiger partial charge on any atom is 0.325 e. The van der Waals surface area contributed by atoms with Crippen LogP contribution in [0.4, 0.5) is 0 Å². The Morgan fingerprint density at radius 2 is 1.82 bits per heavy atom. The lowest BCUT2D eigenvalue weighted by molar-refractivity contribution is -0.141. The molecule has 180 valence electrons. The molecular formula is C21H19Cl2N3O6S2. The molecule has 34 heavy (non-hydrogen) atoms. The number of halogens is 2. The molecule has 3 aromatic rings. The van der Waals surface area contributed by atoms with Gasteiger partial charge >= 0.3 is 5.97 Å². The molecule has 1 aromatic heterocycles. The molecule has 0 radical (unpaired) electrons. The summed E-state index contributed by atoms with van der Waals surface area (Å²) in [6.07, 6.45) is 0. The first-order chi connectivity index (χ1) is 16.2. The van der Waals surface area contributed by atoms with Crippen LogP contribution in [0, 0.1) is 0 Å². The number of fused-ring (bicyclic) bond motifs is 1. The maximum atomic E-state index is 12.9. The van der Waals surface area contributed by atoms with Gasteiger partial charge in [0.15, 0.2) is 4.80 Å². The Bertz CT molecular complexity index is 1430. The van der Waals surface area contributed by atoms with Crippen molar-refractivity contribution in [1.82, 2.24) is 8.87 Å². The van der Waals surface area contributed by atoms with E-state index >= 15 is 0 Å². The van der Waals surface area contributed by atoms with Gasteiger partial charge in [0.1, 0.15) is 6.54 Å². The fraction of sp³-hybridized carbons (Fsp3) is 0.286. The van der Waals surface area contributed by atoms with Crippen LogP contribution in [0.25, 0.3) is 10.2 Å².